The van der Waals surface area contributed by atoms with Gasteiger partial charge in [0, 0.05) is 4.47 Å². The van der Waals surface area contributed by atoms with Crippen LogP contribution in [0.2, 0.25) is 0 Å². The number of halogens is 1. The lowest BCUT2D eigenvalue weighted by Gasteiger charge is -2.32. The lowest BCUT2D eigenvalue weighted by atomic mass is 9.75. The minimum absolute atomic E-state index is 0.416. The molecule has 642 valence electrons. The highest BCUT2D eigenvalue weighted by Gasteiger charge is 2.52. The molecule has 1 aliphatic rings. The Bertz CT molecular complexity index is 7330. The lowest BCUT2D eigenvalue weighted by molar-refractivity contribution is 0.00578. The van der Waals surface area contributed by atoms with Crippen LogP contribution in [-0.4, -0.2) is 18.3 Å². The van der Waals surface area contributed by atoms with Gasteiger partial charge >= 0.3 is 7.12 Å². The van der Waals surface area contributed by atoms with Crippen molar-refractivity contribution in [3.63, 3.8) is 0 Å². The van der Waals surface area contributed by atoms with Gasteiger partial charge in [-0.3, -0.25) is 0 Å². The third-order valence-electron chi connectivity index (χ3n) is 25.6. The molecule has 0 aromatic heterocycles. The van der Waals surface area contributed by atoms with E-state index in [1.54, 1.807) is 0 Å². The van der Waals surface area contributed by atoms with E-state index in [1.165, 1.54) is 156 Å². The molecule has 0 spiro atoms. The summed E-state index contributed by atoms with van der Waals surface area (Å²) in [5, 5.41) is 0. The molecular weight excluding hydrogens is 1680 g/mol. The van der Waals surface area contributed by atoms with Gasteiger partial charge in [0.05, 0.1) is 11.2 Å². The normalized spacial score (nSPS) is 12.3. The first kappa shape index (κ1) is 87.7. The van der Waals surface area contributed by atoms with Gasteiger partial charge in [0.15, 0.2) is 0 Å². The molecule has 4 heteroatoms. The van der Waals surface area contributed by atoms with Crippen molar-refractivity contribution in [2.24, 2.45) is 0 Å². The predicted octanol–water partition coefficient (Wildman–Crippen LogP) is 34.5. The van der Waals surface area contributed by atoms with Crippen LogP contribution in [0.3, 0.4) is 0 Å². The quantitative estimate of drug-likeness (QED) is 0.0559. The van der Waals surface area contributed by atoms with Crippen molar-refractivity contribution >= 4 is 50.8 Å². The Hall–Kier alpha value is -15.7. The molecule has 20 aromatic carbocycles. The van der Waals surface area contributed by atoms with Gasteiger partial charge in [-0.2, -0.15) is 0 Å². The molecule has 0 unspecified atom stereocenters. The Labute approximate surface area is 798 Å². The second-order valence-corrected chi connectivity index (χ2v) is 35.6. The minimum Gasteiger partial charge on any atom is -0.399 e. The van der Waals surface area contributed by atoms with Crippen molar-refractivity contribution in [2.45, 2.75) is 38.9 Å². The van der Waals surface area contributed by atoms with Crippen molar-refractivity contribution in [1.29, 1.82) is 0 Å². The molecule has 134 heavy (non-hydrogen) atoms. The molecule has 0 atom stereocenters. The summed E-state index contributed by atoms with van der Waals surface area (Å²) in [5.41, 5.74) is 40.6. The van der Waals surface area contributed by atoms with Crippen molar-refractivity contribution in [1.82, 2.24) is 0 Å². The Balaban J connectivity index is 0.000000140. The van der Waals surface area contributed by atoms with E-state index in [-0.39, 0.29) is 0 Å². The van der Waals surface area contributed by atoms with E-state index in [0.717, 1.165) is 43.3 Å². The molecule has 1 fully saturated rings. The summed E-state index contributed by atoms with van der Waals surface area (Å²) in [5.74, 6) is 0. The van der Waals surface area contributed by atoms with Crippen molar-refractivity contribution < 1.29 is 9.31 Å². The van der Waals surface area contributed by atoms with Crippen LogP contribution in [0.15, 0.2) is 538 Å². The Morgan fingerprint density at radius 3 is 0.672 bits per heavy atom. The molecule has 21 rings (SSSR count). The second-order valence-electron chi connectivity index (χ2n) is 34.7. The Morgan fingerprint density at radius 1 is 0.172 bits per heavy atom. The molecule has 1 saturated heterocycles. The van der Waals surface area contributed by atoms with Gasteiger partial charge in [0.1, 0.15) is 0 Å². The zero-order chi connectivity index (χ0) is 91.0. The molecule has 0 amide bonds. The minimum atomic E-state index is -0.444. The van der Waals surface area contributed by atoms with Crippen LogP contribution in [0, 0.1) is 0 Å². The number of rotatable bonds is 20. The first-order valence-corrected chi connectivity index (χ1v) is 46.8. The maximum atomic E-state index is 6.50. The van der Waals surface area contributed by atoms with Crippen LogP contribution in [0.5, 0.6) is 0 Å². The zero-order valence-corrected chi connectivity index (χ0v) is 77.2. The van der Waals surface area contributed by atoms with Gasteiger partial charge in [0.2, 0.25) is 0 Å². The van der Waals surface area contributed by atoms with E-state index in [1.807, 2.05) is 0 Å². The van der Waals surface area contributed by atoms with E-state index in [0.29, 0.717) is 0 Å². The Kier molecular flexibility index (Phi) is 26.7. The van der Waals surface area contributed by atoms with Gasteiger partial charge in [0.25, 0.3) is 0 Å². The highest BCUT2D eigenvalue weighted by atomic mass is 79.9. The molecule has 1 heterocycles. The van der Waals surface area contributed by atoms with Crippen LogP contribution in [0.25, 0.3) is 145 Å². The van der Waals surface area contributed by atoms with Crippen LogP contribution in [0.4, 0.5) is 0 Å². The number of hydrogen-bond donors (Lipinski definition) is 0. The highest BCUT2D eigenvalue weighted by molar-refractivity contribution is 9.10. The maximum absolute atomic E-state index is 6.50. The molecule has 0 saturated carbocycles. The number of hydrogen-bond acceptors (Lipinski definition) is 2. The average molecular weight is 1780 g/mol. The zero-order valence-electron chi connectivity index (χ0n) is 75.6. The van der Waals surface area contributed by atoms with Gasteiger partial charge in [-0.15, -0.1) is 0 Å². The molecule has 0 bridgehead atoms. The fraction of sp³-hybridized carbons (Fsp3) is 0.0462. The van der Waals surface area contributed by atoms with Gasteiger partial charge in [-0.25, -0.2) is 0 Å². The maximum Gasteiger partial charge on any atom is 0.494 e. The molecule has 0 radical (unpaired) electrons. The topological polar surface area (TPSA) is 18.5 Å². The highest BCUT2D eigenvalue weighted by Crippen LogP contribution is 2.54. The summed E-state index contributed by atoms with van der Waals surface area (Å²) in [4.78, 5) is 0. The molecule has 20 aromatic rings. The lowest BCUT2D eigenvalue weighted by Crippen LogP contribution is -2.41. The van der Waals surface area contributed by atoms with E-state index in [2.05, 4.69) is 577 Å². The summed E-state index contributed by atoms with van der Waals surface area (Å²) < 4.78 is 14.1. The van der Waals surface area contributed by atoms with Gasteiger partial charge < -0.3 is 9.31 Å². The summed E-state index contributed by atoms with van der Waals surface area (Å²) in [7, 11) is -0.444. The van der Waals surface area contributed by atoms with Gasteiger partial charge in [-0.1, -0.05) is 513 Å². The molecule has 2 nitrogen and oxygen atoms in total. The monoisotopic (exact) mass is 1780 g/mol. The van der Waals surface area contributed by atoms with Crippen molar-refractivity contribution in [3.8, 4) is 122 Å². The fourth-order valence-electron chi connectivity index (χ4n) is 18.6. The van der Waals surface area contributed by atoms with Crippen LogP contribution in [0.1, 0.15) is 72.2 Å². The van der Waals surface area contributed by atoms with Gasteiger partial charge in [-0.05, 0) is 259 Å². The largest absolute Gasteiger partial charge is 0.494 e. The molecule has 0 N–H and O–H groups in total. The molecule has 0 aliphatic carbocycles. The first-order valence-electron chi connectivity index (χ1n) is 46.0. The summed E-state index contributed by atoms with van der Waals surface area (Å²) in [6.07, 6.45) is 0. The van der Waals surface area contributed by atoms with Crippen LogP contribution < -0.4 is 5.46 Å². The van der Waals surface area contributed by atoms with E-state index in [4.69, 9.17) is 9.31 Å². The van der Waals surface area contributed by atoms with E-state index < -0.39 is 18.3 Å². The van der Waals surface area contributed by atoms with Crippen molar-refractivity contribution in [2.75, 3.05) is 0 Å². The SMILES string of the molecule is Brc1cccc(C(=C(c2ccccc2)c2ccccc2)c2ccccc2)c1.CC1(C)OB(c2cccc(-c3cc(-c4ccccc4)c(-c4ccccc4)c(-c4ccccc4)c3-c3ccccc3)c2)OC1(C)C.c1ccc(C(=C(c2ccccc2)c2cccc(-c3cccc(-c4cc(-c5ccccc5)c(-c5ccccc5)c(-c5ccccc5)c4-c4ccccc4)c3)c2)c2ccccc2)cc1. The van der Waals surface area contributed by atoms with E-state index >= 15 is 0 Å². The summed E-state index contributed by atoms with van der Waals surface area (Å²) in [6, 6.07) is 191. The summed E-state index contributed by atoms with van der Waals surface area (Å²) in [6.45, 7) is 8.41. The second kappa shape index (κ2) is 40.8. The molecular formula is C130H100BBrO2. The number of benzene rings is 20. The standard InChI is InChI=1S/C62H44.C42H37BO2.C26H19Br/c1-8-24-45(25-9-1)56-44-57(61(50-34-18-6-19-35-50)62(51-36-20-7-21-37-51)60(56)49-32-16-5-17-33-49)54-40-22-38-52(42-54)53-39-23-41-55(43-53)59(48-30-14-4-15-31-48)58(46-26-10-2-11-27-46)47-28-12-3-13-29-47;1-41(2)42(3,4)45-43(44-41)35-27-17-26-34(28-35)37-29-36(30-18-9-5-10-19-30)38(31-20-11-6-12-21-31)40(33-24-15-8-16-25-33)39(37)32-22-13-7-14-23-32;27-24-18-10-17-23(19-24)26(22-15-8-3-9-16-22)25(20-11-4-1-5-12-20)21-13-6-2-7-14-21/h1-44H;5-29H,1-4H3;1-19H. The third-order valence-corrected chi connectivity index (χ3v) is 26.1. The van der Waals surface area contributed by atoms with Crippen molar-refractivity contribution in [3.05, 3.63) is 583 Å². The predicted molar refractivity (Wildman–Crippen MR) is 571 cm³/mol. The summed E-state index contributed by atoms with van der Waals surface area (Å²) >= 11 is 3.64. The first-order chi connectivity index (χ1) is 65.9. The molecule has 1 aliphatic heterocycles. The van der Waals surface area contributed by atoms with E-state index in [9.17, 15) is 0 Å². The fourth-order valence-corrected chi connectivity index (χ4v) is 19.0. The van der Waals surface area contributed by atoms with Crippen LogP contribution >= 0.6 is 15.9 Å². The average Bonchev–Trinajstić information content (AvgIpc) is 0.869. The smallest absolute Gasteiger partial charge is 0.399 e. The third kappa shape index (κ3) is 19.3. The van der Waals surface area contributed by atoms with Crippen LogP contribution in [-0.2, 0) is 9.31 Å². The Morgan fingerprint density at radius 2 is 0.373 bits per heavy atom.